The molecular formula is C14H22N2O. The first-order valence-electron chi connectivity index (χ1n) is 5.91. The average molecular weight is 234 g/mol. The summed E-state index contributed by atoms with van der Waals surface area (Å²) >= 11 is 0. The van der Waals surface area contributed by atoms with E-state index in [2.05, 4.69) is 26.1 Å². The molecule has 1 N–H and O–H groups in total. The van der Waals surface area contributed by atoms with Gasteiger partial charge in [0.2, 0.25) is 5.91 Å². The Morgan fingerprint density at radius 2 is 1.82 bits per heavy atom. The number of nitrogens with zero attached hydrogens (tertiary/aromatic N) is 1. The van der Waals surface area contributed by atoms with E-state index in [0.29, 0.717) is 13.1 Å². The number of hydrogen-bond acceptors (Lipinski definition) is 2. The van der Waals surface area contributed by atoms with Gasteiger partial charge in [-0.25, -0.2) is 0 Å². The monoisotopic (exact) mass is 234 g/mol. The number of para-hydroxylation sites is 1. The molecule has 17 heavy (non-hydrogen) atoms. The minimum Gasteiger partial charge on any atom is -0.357 e. The van der Waals surface area contributed by atoms with Crippen LogP contribution in [-0.4, -0.2) is 19.6 Å². The fourth-order valence-corrected chi connectivity index (χ4v) is 1.52. The topological polar surface area (TPSA) is 32.3 Å². The van der Waals surface area contributed by atoms with E-state index in [-0.39, 0.29) is 11.3 Å². The molecule has 0 spiro atoms. The third-order valence-corrected chi connectivity index (χ3v) is 2.40. The Hall–Kier alpha value is -1.51. The second-order valence-electron chi connectivity index (χ2n) is 5.53. The van der Waals surface area contributed by atoms with E-state index >= 15 is 0 Å². The summed E-state index contributed by atoms with van der Waals surface area (Å²) in [4.78, 5) is 13.7. The van der Waals surface area contributed by atoms with Crippen LogP contribution < -0.4 is 10.2 Å². The van der Waals surface area contributed by atoms with Crippen LogP contribution in [0.5, 0.6) is 0 Å². The zero-order valence-corrected chi connectivity index (χ0v) is 11.2. The number of nitrogens with one attached hydrogen (secondary N) is 1. The maximum Gasteiger partial charge on any atom is 0.221 e. The molecular weight excluding hydrogens is 212 g/mol. The number of benzene rings is 1. The molecule has 0 fully saturated rings. The lowest BCUT2D eigenvalue weighted by Crippen LogP contribution is -2.36. The predicted molar refractivity (Wildman–Crippen MR) is 71.9 cm³/mol. The second-order valence-corrected chi connectivity index (χ2v) is 5.53. The molecule has 0 saturated carbocycles. The Labute approximate surface area is 104 Å². The summed E-state index contributed by atoms with van der Waals surface area (Å²) in [7, 11) is 1.96. The zero-order valence-electron chi connectivity index (χ0n) is 11.2. The molecule has 1 aromatic rings. The van der Waals surface area contributed by atoms with Crippen LogP contribution >= 0.6 is 0 Å². The van der Waals surface area contributed by atoms with Crippen LogP contribution in [0.4, 0.5) is 5.69 Å². The maximum absolute atomic E-state index is 11.7. The van der Waals surface area contributed by atoms with Crippen molar-refractivity contribution in [2.45, 2.75) is 27.2 Å². The van der Waals surface area contributed by atoms with Crippen molar-refractivity contribution in [1.29, 1.82) is 0 Å². The molecule has 0 atom stereocenters. The lowest BCUT2D eigenvalue weighted by atomic mass is 9.92. The summed E-state index contributed by atoms with van der Waals surface area (Å²) in [6, 6.07) is 10.0. The van der Waals surface area contributed by atoms with Crippen molar-refractivity contribution in [3.63, 3.8) is 0 Å². The van der Waals surface area contributed by atoms with E-state index in [9.17, 15) is 4.79 Å². The molecule has 0 heterocycles. The highest BCUT2D eigenvalue weighted by Gasteiger charge is 2.15. The maximum atomic E-state index is 11.7. The van der Waals surface area contributed by atoms with Gasteiger partial charge in [0.15, 0.2) is 0 Å². The third kappa shape index (κ3) is 5.38. The molecule has 1 rings (SSSR count). The number of hydrogen-bond donors (Lipinski definition) is 1. The average Bonchev–Trinajstić information content (AvgIpc) is 2.25. The Balaban J connectivity index is 2.39. The van der Waals surface area contributed by atoms with E-state index in [0.717, 1.165) is 5.69 Å². The van der Waals surface area contributed by atoms with Gasteiger partial charge in [0.1, 0.15) is 0 Å². The van der Waals surface area contributed by atoms with E-state index < -0.39 is 0 Å². The molecule has 0 bridgehead atoms. The fourth-order valence-electron chi connectivity index (χ4n) is 1.52. The number of rotatable bonds is 4. The molecule has 0 saturated heterocycles. The first-order chi connectivity index (χ1) is 7.88. The van der Waals surface area contributed by atoms with Crippen LogP contribution in [0.3, 0.4) is 0 Å². The van der Waals surface area contributed by atoms with Crippen molar-refractivity contribution in [1.82, 2.24) is 5.32 Å². The molecule has 0 aliphatic heterocycles. The number of carbonyl (C=O) groups is 1. The van der Waals surface area contributed by atoms with Crippen molar-refractivity contribution in [3.8, 4) is 0 Å². The van der Waals surface area contributed by atoms with Crippen LogP contribution in [0, 0.1) is 5.41 Å². The molecule has 0 aliphatic rings. The summed E-state index contributed by atoms with van der Waals surface area (Å²) in [6.07, 6.45) is 0.551. The van der Waals surface area contributed by atoms with Gasteiger partial charge < -0.3 is 10.2 Å². The van der Waals surface area contributed by atoms with Crippen molar-refractivity contribution < 1.29 is 4.79 Å². The molecule has 0 aromatic heterocycles. The lowest BCUT2D eigenvalue weighted by Gasteiger charge is -2.22. The standard InChI is InChI=1S/C14H22N2O/c1-14(2,3)10-13(17)15-11-16(4)12-8-6-5-7-9-12/h5-9H,10-11H2,1-4H3,(H,15,17). The Morgan fingerprint density at radius 1 is 1.24 bits per heavy atom. The minimum absolute atomic E-state index is 0.0371. The smallest absolute Gasteiger partial charge is 0.221 e. The van der Waals surface area contributed by atoms with Gasteiger partial charge in [0.25, 0.3) is 0 Å². The molecule has 3 heteroatoms. The van der Waals surface area contributed by atoms with E-state index in [1.165, 1.54) is 0 Å². The van der Waals surface area contributed by atoms with Crippen molar-refractivity contribution >= 4 is 11.6 Å². The van der Waals surface area contributed by atoms with Crippen LogP contribution in [0.25, 0.3) is 0 Å². The molecule has 94 valence electrons. The van der Waals surface area contributed by atoms with Crippen molar-refractivity contribution in [3.05, 3.63) is 30.3 Å². The largest absolute Gasteiger partial charge is 0.357 e. The van der Waals surface area contributed by atoms with E-state index in [1.807, 2.05) is 42.3 Å². The van der Waals surface area contributed by atoms with Crippen LogP contribution in [0.2, 0.25) is 0 Å². The van der Waals surface area contributed by atoms with Gasteiger partial charge in [-0.1, -0.05) is 39.0 Å². The zero-order chi connectivity index (χ0) is 12.9. The highest BCUT2D eigenvalue weighted by atomic mass is 16.1. The second kappa shape index (κ2) is 5.71. The highest BCUT2D eigenvalue weighted by molar-refractivity contribution is 5.76. The van der Waals surface area contributed by atoms with Gasteiger partial charge in [-0.15, -0.1) is 0 Å². The third-order valence-electron chi connectivity index (χ3n) is 2.40. The van der Waals surface area contributed by atoms with Crippen molar-refractivity contribution in [2.24, 2.45) is 5.41 Å². The fraction of sp³-hybridized carbons (Fsp3) is 0.500. The van der Waals surface area contributed by atoms with Crippen molar-refractivity contribution in [2.75, 3.05) is 18.6 Å². The summed E-state index contributed by atoms with van der Waals surface area (Å²) in [5, 5.41) is 2.92. The van der Waals surface area contributed by atoms with Gasteiger partial charge in [0.05, 0.1) is 6.67 Å². The van der Waals surface area contributed by atoms with Crippen LogP contribution in [-0.2, 0) is 4.79 Å². The van der Waals surface area contributed by atoms with Gasteiger partial charge in [-0.2, -0.15) is 0 Å². The van der Waals surface area contributed by atoms with Gasteiger partial charge in [-0.05, 0) is 17.5 Å². The summed E-state index contributed by atoms with van der Waals surface area (Å²) in [5.74, 6) is 0.0975. The molecule has 0 unspecified atom stereocenters. The quantitative estimate of drug-likeness (QED) is 0.812. The molecule has 0 radical (unpaired) electrons. The highest BCUT2D eigenvalue weighted by Crippen LogP contribution is 2.17. The minimum atomic E-state index is 0.0371. The first-order valence-corrected chi connectivity index (χ1v) is 5.91. The Morgan fingerprint density at radius 3 is 2.35 bits per heavy atom. The normalized spacial score (nSPS) is 11.1. The first kappa shape index (κ1) is 13.6. The summed E-state index contributed by atoms with van der Waals surface area (Å²) < 4.78 is 0. The van der Waals surface area contributed by atoms with Crippen LogP contribution in [0.1, 0.15) is 27.2 Å². The number of amides is 1. The lowest BCUT2D eigenvalue weighted by molar-refractivity contribution is -0.122. The Kier molecular flexibility index (Phi) is 4.55. The summed E-state index contributed by atoms with van der Waals surface area (Å²) in [5.41, 5.74) is 1.14. The van der Waals surface area contributed by atoms with Crippen LogP contribution in [0.15, 0.2) is 30.3 Å². The van der Waals surface area contributed by atoms with Gasteiger partial charge in [0, 0.05) is 19.2 Å². The molecule has 3 nitrogen and oxygen atoms in total. The Bertz CT molecular complexity index is 354. The molecule has 0 aliphatic carbocycles. The van der Waals surface area contributed by atoms with E-state index in [1.54, 1.807) is 0 Å². The SMILES string of the molecule is CN(CNC(=O)CC(C)(C)C)c1ccccc1. The number of carbonyl (C=O) groups excluding carboxylic acids is 1. The number of anilines is 1. The van der Waals surface area contributed by atoms with Gasteiger partial charge in [-0.3, -0.25) is 4.79 Å². The van der Waals surface area contributed by atoms with E-state index in [4.69, 9.17) is 0 Å². The molecule has 1 aromatic carbocycles. The predicted octanol–water partition coefficient (Wildman–Crippen LogP) is 2.63. The van der Waals surface area contributed by atoms with Gasteiger partial charge >= 0.3 is 0 Å². The summed E-state index contributed by atoms with van der Waals surface area (Å²) in [6.45, 7) is 6.73. The molecule has 1 amide bonds.